The van der Waals surface area contributed by atoms with Crippen LogP contribution in [0.5, 0.6) is 0 Å². The molecule has 0 amide bonds. The summed E-state index contributed by atoms with van der Waals surface area (Å²) in [4.78, 5) is 0. The molecule has 0 aliphatic carbocycles. The largest absolute Gasteiger partial charge is 0.416 e. The number of hydrogen-bond donors (Lipinski definition) is 2. The normalized spacial score (nSPS) is 13.6. The van der Waals surface area contributed by atoms with Gasteiger partial charge in [-0.2, -0.15) is 13.2 Å². The first kappa shape index (κ1) is 19.4. The first-order valence-electron chi connectivity index (χ1n) is 7.45. The van der Waals surface area contributed by atoms with Gasteiger partial charge in [0.2, 0.25) is 10.0 Å². The summed E-state index contributed by atoms with van der Waals surface area (Å²) in [5, 5.41) is 9.98. The molecule has 8 heteroatoms. The maximum atomic E-state index is 12.5. The number of rotatable bonds is 6. The second-order valence-electron chi connectivity index (χ2n) is 5.73. The van der Waals surface area contributed by atoms with E-state index in [0.29, 0.717) is 5.56 Å². The zero-order valence-electron chi connectivity index (χ0n) is 13.4. The molecule has 2 N–H and O–H groups in total. The van der Waals surface area contributed by atoms with Crippen molar-refractivity contribution in [2.75, 3.05) is 6.54 Å². The Balaban J connectivity index is 1.97. The lowest BCUT2D eigenvalue weighted by Crippen LogP contribution is -2.29. The average Bonchev–Trinajstić information content (AvgIpc) is 2.51. The molecule has 4 nitrogen and oxygen atoms in total. The van der Waals surface area contributed by atoms with Gasteiger partial charge in [0, 0.05) is 6.54 Å². The van der Waals surface area contributed by atoms with Crippen LogP contribution in [0.2, 0.25) is 0 Å². The molecule has 2 aromatic carbocycles. The minimum atomic E-state index is -4.46. The van der Waals surface area contributed by atoms with E-state index in [2.05, 4.69) is 4.72 Å². The fourth-order valence-electron chi connectivity index (χ4n) is 2.29. The van der Waals surface area contributed by atoms with Gasteiger partial charge in [-0.1, -0.05) is 42.0 Å². The van der Waals surface area contributed by atoms with Gasteiger partial charge in [-0.25, -0.2) is 13.1 Å². The topological polar surface area (TPSA) is 66.4 Å². The van der Waals surface area contributed by atoms with Gasteiger partial charge in [0.15, 0.2) is 0 Å². The molecule has 0 radical (unpaired) electrons. The Kier molecular flexibility index (Phi) is 5.87. The second-order valence-corrected chi connectivity index (χ2v) is 7.54. The highest BCUT2D eigenvalue weighted by molar-refractivity contribution is 7.88. The predicted molar refractivity (Wildman–Crippen MR) is 88.2 cm³/mol. The van der Waals surface area contributed by atoms with Crippen molar-refractivity contribution in [2.24, 2.45) is 0 Å². The molecule has 1 atom stereocenters. The molecule has 136 valence electrons. The summed E-state index contributed by atoms with van der Waals surface area (Å²) in [5.74, 6) is -0.242. The molecule has 0 fully saturated rings. The fraction of sp³-hybridized carbons (Fsp3) is 0.294. The monoisotopic (exact) mass is 373 g/mol. The van der Waals surface area contributed by atoms with Crippen molar-refractivity contribution in [3.05, 3.63) is 70.8 Å². The van der Waals surface area contributed by atoms with Crippen molar-refractivity contribution in [1.82, 2.24) is 4.72 Å². The molecule has 2 rings (SSSR count). The number of sulfonamides is 1. The number of aliphatic hydroxyl groups excluding tert-OH is 1. The maximum absolute atomic E-state index is 12.5. The van der Waals surface area contributed by atoms with Crippen LogP contribution in [-0.2, 0) is 22.0 Å². The van der Waals surface area contributed by atoms with E-state index in [-0.39, 0.29) is 17.9 Å². The maximum Gasteiger partial charge on any atom is 0.416 e. The summed E-state index contributed by atoms with van der Waals surface area (Å²) in [5.41, 5.74) is 0.906. The van der Waals surface area contributed by atoms with Crippen LogP contribution in [-0.4, -0.2) is 20.1 Å². The number of hydrogen-bond acceptors (Lipinski definition) is 3. The number of nitrogens with one attached hydrogen (secondary N) is 1. The lowest BCUT2D eigenvalue weighted by Gasteiger charge is -2.14. The van der Waals surface area contributed by atoms with Crippen molar-refractivity contribution in [1.29, 1.82) is 0 Å². The molecule has 0 aliphatic heterocycles. The van der Waals surface area contributed by atoms with Gasteiger partial charge >= 0.3 is 6.18 Å². The molecule has 0 bridgehead atoms. The Morgan fingerprint density at radius 3 is 2.32 bits per heavy atom. The van der Waals surface area contributed by atoms with Crippen LogP contribution in [0.1, 0.15) is 28.4 Å². The van der Waals surface area contributed by atoms with Crippen molar-refractivity contribution in [3.8, 4) is 0 Å². The molecule has 0 aromatic heterocycles. The minimum Gasteiger partial charge on any atom is -0.387 e. The molecule has 2 aromatic rings. The zero-order chi connectivity index (χ0) is 18.7. The molecule has 0 heterocycles. The Morgan fingerprint density at radius 1 is 1.12 bits per heavy atom. The summed E-state index contributed by atoms with van der Waals surface area (Å²) < 4.78 is 63.9. The molecule has 0 aliphatic rings. The van der Waals surface area contributed by atoms with E-state index < -0.39 is 27.9 Å². The highest BCUT2D eigenvalue weighted by Gasteiger charge is 2.30. The van der Waals surface area contributed by atoms with E-state index >= 15 is 0 Å². The molecular formula is C17H18F3NO3S. The van der Waals surface area contributed by atoms with Crippen molar-refractivity contribution < 1.29 is 26.7 Å². The number of aliphatic hydroxyl groups is 1. The first-order chi connectivity index (χ1) is 11.6. The van der Waals surface area contributed by atoms with E-state index in [4.69, 9.17) is 0 Å². The molecular weight excluding hydrogens is 355 g/mol. The second kappa shape index (κ2) is 7.55. The first-order valence-corrected chi connectivity index (χ1v) is 9.10. The van der Waals surface area contributed by atoms with Gasteiger partial charge in [0.25, 0.3) is 0 Å². The van der Waals surface area contributed by atoms with Crippen LogP contribution < -0.4 is 4.72 Å². The van der Waals surface area contributed by atoms with Crippen LogP contribution in [0.15, 0.2) is 48.5 Å². The summed E-state index contributed by atoms with van der Waals surface area (Å²) >= 11 is 0. The third kappa shape index (κ3) is 5.84. The quantitative estimate of drug-likeness (QED) is 0.817. The fourth-order valence-corrected chi connectivity index (χ4v) is 3.42. The number of halogens is 3. The zero-order valence-corrected chi connectivity index (χ0v) is 14.2. The van der Waals surface area contributed by atoms with Gasteiger partial charge in [0.1, 0.15) is 0 Å². The summed E-state index contributed by atoms with van der Waals surface area (Å²) in [7, 11) is -3.68. The molecule has 0 saturated carbocycles. The molecule has 25 heavy (non-hydrogen) atoms. The standard InChI is InChI=1S/C17H18F3NO3S/c1-12-3-2-4-13(9-12)11-25(23,24)21-10-16(22)14-5-7-15(8-6-14)17(18,19)20/h2-9,16,21-22H,10-11H2,1H3. The highest BCUT2D eigenvalue weighted by atomic mass is 32.2. The van der Waals surface area contributed by atoms with Crippen LogP contribution in [0.3, 0.4) is 0 Å². The Labute approximate surface area is 144 Å². The summed E-state index contributed by atoms with van der Waals surface area (Å²) in [6.45, 7) is 1.53. The number of benzene rings is 2. The molecule has 0 spiro atoms. The van der Waals surface area contributed by atoms with E-state index in [1.165, 1.54) is 0 Å². The SMILES string of the molecule is Cc1cccc(CS(=O)(=O)NCC(O)c2ccc(C(F)(F)F)cc2)c1. The molecule has 0 saturated heterocycles. The van der Waals surface area contributed by atoms with Gasteiger partial charge in [0.05, 0.1) is 17.4 Å². The summed E-state index contributed by atoms with van der Waals surface area (Å²) in [6, 6.07) is 11.0. The number of alkyl halides is 3. The van der Waals surface area contributed by atoms with Gasteiger partial charge in [-0.05, 0) is 30.2 Å². The van der Waals surface area contributed by atoms with Crippen molar-refractivity contribution >= 4 is 10.0 Å². The van der Waals surface area contributed by atoms with Crippen LogP contribution >= 0.6 is 0 Å². The Morgan fingerprint density at radius 2 is 1.76 bits per heavy atom. The third-order valence-electron chi connectivity index (χ3n) is 3.56. The number of aryl methyl sites for hydroxylation is 1. The van der Waals surface area contributed by atoms with E-state index in [1.807, 2.05) is 13.0 Å². The lowest BCUT2D eigenvalue weighted by molar-refractivity contribution is -0.137. The van der Waals surface area contributed by atoms with Gasteiger partial charge in [-0.3, -0.25) is 0 Å². The van der Waals surface area contributed by atoms with E-state index in [0.717, 1.165) is 29.8 Å². The van der Waals surface area contributed by atoms with Crippen LogP contribution in [0.25, 0.3) is 0 Å². The van der Waals surface area contributed by atoms with Gasteiger partial charge < -0.3 is 5.11 Å². The van der Waals surface area contributed by atoms with Crippen LogP contribution in [0.4, 0.5) is 13.2 Å². The molecule has 1 unspecified atom stereocenters. The predicted octanol–water partition coefficient (Wildman–Crippen LogP) is 3.17. The van der Waals surface area contributed by atoms with Crippen molar-refractivity contribution in [2.45, 2.75) is 25.0 Å². The average molecular weight is 373 g/mol. The van der Waals surface area contributed by atoms with Gasteiger partial charge in [-0.15, -0.1) is 0 Å². The Hall–Kier alpha value is -1.90. The van der Waals surface area contributed by atoms with E-state index in [9.17, 15) is 26.7 Å². The Bertz CT molecular complexity index is 818. The third-order valence-corrected chi connectivity index (χ3v) is 4.88. The van der Waals surface area contributed by atoms with Crippen molar-refractivity contribution in [3.63, 3.8) is 0 Å². The summed E-state index contributed by atoms with van der Waals surface area (Å²) in [6.07, 6.45) is -5.70. The van der Waals surface area contributed by atoms with Crippen LogP contribution in [0, 0.1) is 6.92 Å². The van der Waals surface area contributed by atoms with E-state index in [1.54, 1.807) is 18.2 Å². The smallest absolute Gasteiger partial charge is 0.387 e. The highest BCUT2D eigenvalue weighted by Crippen LogP contribution is 2.29. The lowest BCUT2D eigenvalue weighted by atomic mass is 10.1. The minimum absolute atomic E-state index is 0.200.